The first-order valence-electron chi connectivity index (χ1n) is 9.49. The van der Waals surface area contributed by atoms with E-state index >= 15 is 0 Å². The van der Waals surface area contributed by atoms with Gasteiger partial charge < -0.3 is 5.11 Å². The molecule has 0 saturated carbocycles. The Morgan fingerprint density at radius 3 is 1.48 bits per heavy atom. The second-order valence-corrected chi connectivity index (χ2v) is 8.06. The van der Waals surface area contributed by atoms with E-state index in [4.69, 9.17) is 0 Å². The van der Waals surface area contributed by atoms with Crippen LogP contribution in [0.5, 0.6) is 0 Å². The first-order valence-corrected chi connectivity index (χ1v) is 9.49. The molecule has 0 spiro atoms. The molecule has 0 heterocycles. The highest BCUT2D eigenvalue weighted by molar-refractivity contribution is 4.63. The van der Waals surface area contributed by atoms with Gasteiger partial charge in [0.1, 0.15) is 0 Å². The molecule has 1 N–H and O–H groups in total. The summed E-state index contributed by atoms with van der Waals surface area (Å²) < 4.78 is 0. The summed E-state index contributed by atoms with van der Waals surface area (Å²) in [5.41, 5.74) is 0. The Kier molecular flexibility index (Phi) is 12.5. The number of hydrogen-bond donors (Lipinski definition) is 1. The number of hydrogen-bond acceptors (Lipinski definition) is 1. The van der Waals surface area contributed by atoms with Crippen molar-refractivity contribution in [2.75, 3.05) is 6.61 Å². The number of aliphatic hydroxyl groups excluding tert-OH is 1. The van der Waals surface area contributed by atoms with Crippen molar-refractivity contribution in [3.63, 3.8) is 0 Å². The third-order valence-corrected chi connectivity index (χ3v) is 5.58. The molecule has 0 aliphatic carbocycles. The SMILES string of the molecule is CC(C)C(C)CCCCCC(CO)CCCC(C)C(C)C. The van der Waals surface area contributed by atoms with Gasteiger partial charge in [-0.2, -0.15) is 0 Å². The molecule has 1 nitrogen and oxygen atoms in total. The van der Waals surface area contributed by atoms with Crippen molar-refractivity contribution in [3.8, 4) is 0 Å². The molecule has 0 fully saturated rings. The van der Waals surface area contributed by atoms with E-state index in [1.807, 2.05) is 0 Å². The number of unbranched alkanes of at least 4 members (excludes halogenated alkanes) is 2. The van der Waals surface area contributed by atoms with Crippen LogP contribution in [0.1, 0.15) is 92.9 Å². The molecule has 21 heavy (non-hydrogen) atoms. The largest absolute Gasteiger partial charge is 0.396 e. The second kappa shape index (κ2) is 12.5. The molecule has 3 atom stereocenters. The Morgan fingerprint density at radius 1 is 0.571 bits per heavy atom. The van der Waals surface area contributed by atoms with E-state index in [2.05, 4.69) is 41.5 Å². The fourth-order valence-corrected chi connectivity index (χ4v) is 2.80. The van der Waals surface area contributed by atoms with Crippen LogP contribution in [0.4, 0.5) is 0 Å². The fourth-order valence-electron chi connectivity index (χ4n) is 2.80. The molecule has 128 valence electrons. The molecule has 0 aliphatic heterocycles. The molecule has 0 aromatic carbocycles. The summed E-state index contributed by atoms with van der Waals surface area (Å²) in [6, 6.07) is 0. The zero-order valence-corrected chi connectivity index (χ0v) is 15.7. The summed E-state index contributed by atoms with van der Waals surface area (Å²) in [4.78, 5) is 0. The zero-order valence-electron chi connectivity index (χ0n) is 15.7. The van der Waals surface area contributed by atoms with Crippen LogP contribution in [-0.4, -0.2) is 11.7 Å². The summed E-state index contributed by atoms with van der Waals surface area (Å²) in [5.74, 6) is 3.84. The number of aliphatic hydroxyl groups is 1. The summed E-state index contributed by atoms with van der Waals surface area (Å²) in [7, 11) is 0. The molecule has 0 aromatic rings. The average molecular weight is 299 g/mol. The van der Waals surface area contributed by atoms with Gasteiger partial charge in [0.05, 0.1) is 0 Å². The highest BCUT2D eigenvalue weighted by atomic mass is 16.3. The van der Waals surface area contributed by atoms with Crippen LogP contribution in [0, 0.1) is 29.6 Å². The first-order chi connectivity index (χ1) is 9.88. The van der Waals surface area contributed by atoms with Gasteiger partial charge in [0.15, 0.2) is 0 Å². The molecule has 0 aliphatic rings. The van der Waals surface area contributed by atoms with E-state index in [0.29, 0.717) is 12.5 Å². The first kappa shape index (κ1) is 21.0. The topological polar surface area (TPSA) is 20.2 Å². The minimum Gasteiger partial charge on any atom is -0.396 e. The summed E-state index contributed by atoms with van der Waals surface area (Å²) in [5, 5.41) is 9.52. The lowest BCUT2D eigenvalue weighted by atomic mass is 9.88. The second-order valence-electron chi connectivity index (χ2n) is 8.06. The predicted octanol–water partition coefficient (Wildman–Crippen LogP) is 6.30. The van der Waals surface area contributed by atoms with Gasteiger partial charge in [0, 0.05) is 6.61 Å². The predicted molar refractivity (Wildman–Crippen MR) is 95.5 cm³/mol. The fraction of sp³-hybridized carbons (Fsp3) is 1.00. The molecular weight excluding hydrogens is 256 g/mol. The summed E-state index contributed by atoms with van der Waals surface area (Å²) >= 11 is 0. The molecule has 0 aromatic heterocycles. The quantitative estimate of drug-likeness (QED) is 0.396. The van der Waals surface area contributed by atoms with E-state index in [9.17, 15) is 5.11 Å². The van der Waals surface area contributed by atoms with Gasteiger partial charge in [0.25, 0.3) is 0 Å². The maximum atomic E-state index is 9.52. The van der Waals surface area contributed by atoms with Crippen molar-refractivity contribution in [2.24, 2.45) is 29.6 Å². The molecule has 3 unspecified atom stereocenters. The molecular formula is C20H42O. The lowest BCUT2D eigenvalue weighted by Gasteiger charge is -2.18. The van der Waals surface area contributed by atoms with Crippen LogP contribution in [0.15, 0.2) is 0 Å². The molecule has 0 amide bonds. The van der Waals surface area contributed by atoms with Gasteiger partial charge in [-0.05, 0) is 42.4 Å². The third-order valence-electron chi connectivity index (χ3n) is 5.58. The van der Waals surface area contributed by atoms with E-state index in [1.54, 1.807) is 0 Å². The summed E-state index contributed by atoms with van der Waals surface area (Å²) in [6.07, 6.45) is 10.4. The highest BCUT2D eigenvalue weighted by Crippen LogP contribution is 2.23. The Balaban J connectivity index is 3.62. The van der Waals surface area contributed by atoms with Crippen LogP contribution in [0.3, 0.4) is 0 Å². The number of rotatable bonds is 13. The minimum absolute atomic E-state index is 0.387. The lowest BCUT2D eigenvalue weighted by Crippen LogP contribution is -2.09. The molecule has 0 saturated heterocycles. The average Bonchev–Trinajstić information content (AvgIpc) is 2.44. The van der Waals surface area contributed by atoms with Crippen molar-refractivity contribution in [3.05, 3.63) is 0 Å². The Hall–Kier alpha value is -0.0400. The van der Waals surface area contributed by atoms with E-state index < -0.39 is 0 Å². The Labute approximate surface area is 134 Å². The Bertz CT molecular complexity index is 222. The Morgan fingerprint density at radius 2 is 1.00 bits per heavy atom. The van der Waals surface area contributed by atoms with Gasteiger partial charge >= 0.3 is 0 Å². The van der Waals surface area contributed by atoms with Crippen LogP contribution in [-0.2, 0) is 0 Å². The molecule has 0 rings (SSSR count). The lowest BCUT2D eigenvalue weighted by molar-refractivity contribution is 0.200. The van der Waals surface area contributed by atoms with Gasteiger partial charge in [-0.3, -0.25) is 0 Å². The standard InChI is InChI=1S/C20H42O/c1-16(2)18(5)11-8-7-9-13-20(15-21)14-10-12-19(6)17(3)4/h16-21H,7-15H2,1-6H3. The van der Waals surface area contributed by atoms with Crippen molar-refractivity contribution < 1.29 is 5.11 Å². The van der Waals surface area contributed by atoms with Crippen LogP contribution in [0.25, 0.3) is 0 Å². The van der Waals surface area contributed by atoms with Crippen LogP contribution >= 0.6 is 0 Å². The van der Waals surface area contributed by atoms with Crippen molar-refractivity contribution in [1.82, 2.24) is 0 Å². The third kappa shape index (κ3) is 11.2. The monoisotopic (exact) mass is 298 g/mol. The van der Waals surface area contributed by atoms with Crippen molar-refractivity contribution in [2.45, 2.75) is 92.9 Å². The van der Waals surface area contributed by atoms with Crippen LogP contribution < -0.4 is 0 Å². The highest BCUT2D eigenvalue weighted by Gasteiger charge is 2.11. The maximum absolute atomic E-state index is 9.52. The molecule has 0 bridgehead atoms. The van der Waals surface area contributed by atoms with Crippen molar-refractivity contribution in [1.29, 1.82) is 0 Å². The summed E-state index contributed by atoms with van der Waals surface area (Å²) in [6.45, 7) is 14.4. The van der Waals surface area contributed by atoms with Crippen molar-refractivity contribution >= 4 is 0 Å². The van der Waals surface area contributed by atoms with Gasteiger partial charge in [-0.1, -0.05) is 80.1 Å². The smallest absolute Gasteiger partial charge is 0.0459 e. The minimum atomic E-state index is 0.387. The van der Waals surface area contributed by atoms with Crippen LogP contribution in [0.2, 0.25) is 0 Å². The van der Waals surface area contributed by atoms with Gasteiger partial charge in [-0.15, -0.1) is 0 Å². The van der Waals surface area contributed by atoms with E-state index in [1.165, 1.54) is 51.4 Å². The maximum Gasteiger partial charge on any atom is 0.0459 e. The normalized spacial score (nSPS) is 16.4. The zero-order chi connectivity index (χ0) is 16.3. The van der Waals surface area contributed by atoms with E-state index in [0.717, 1.165) is 23.7 Å². The van der Waals surface area contributed by atoms with Gasteiger partial charge in [-0.25, -0.2) is 0 Å². The van der Waals surface area contributed by atoms with Gasteiger partial charge in [0.2, 0.25) is 0 Å². The van der Waals surface area contributed by atoms with E-state index in [-0.39, 0.29) is 0 Å². The molecule has 1 heteroatoms. The molecule has 0 radical (unpaired) electrons.